The van der Waals surface area contributed by atoms with Crippen LogP contribution in [0.4, 0.5) is 0 Å². The lowest BCUT2D eigenvalue weighted by molar-refractivity contribution is -0.143. The Hall–Kier alpha value is -0.870. The number of hydrogen-bond acceptors (Lipinski definition) is 4. The summed E-state index contributed by atoms with van der Waals surface area (Å²) < 4.78 is 10.9. The molecule has 2 aliphatic carbocycles. The van der Waals surface area contributed by atoms with Gasteiger partial charge in [0.25, 0.3) is 0 Å². The molecule has 2 aliphatic rings. The van der Waals surface area contributed by atoms with Gasteiger partial charge in [0, 0.05) is 12.2 Å². The zero-order valence-corrected chi connectivity index (χ0v) is 11.1. The Kier molecular flexibility index (Phi) is 4.07. The lowest BCUT2D eigenvalue weighted by Gasteiger charge is -2.32. The Labute approximate surface area is 108 Å². The van der Waals surface area contributed by atoms with E-state index in [0.29, 0.717) is 36.5 Å². The molecular formula is C14H22O4. The summed E-state index contributed by atoms with van der Waals surface area (Å²) in [6.45, 7) is 8.19. The van der Waals surface area contributed by atoms with Gasteiger partial charge in [-0.25, -0.2) is 4.79 Å². The fraction of sp³-hybridized carbons (Fsp3) is 0.786. The van der Waals surface area contributed by atoms with Gasteiger partial charge >= 0.3 is 5.97 Å². The third-order valence-corrected chi connectivity index (χ3v) is 4.16. The van der Waals surface area contributed by atoms with Gasteiger partial charge in [-0.3, -0.25) is 0 Å². The van der Waals surface area contributed by atoms with Gasteiger partial charge < -0.3 is 14.6 Å². The molecule has 102 valence electrons. The van der Waals surface area contributed by atoms with E-state index in [1.165, 1.54) is 0 Å². The molecule has 0 amide bonds. The van der Waals surface area contributed by atoms with E-state index in [0.717, 1.165) is 12.8 Å². The first-order valence-corrected chi connectivity index (χ1v) is 6.66. The highest BCUT2D eigenvalue weighted by Crippen LogP contribution is 2.49. The molecule has 2 rings (SSSR count). The van der Waals surface area contributed by atoms with Crippen LogP contribution in [0.25, 0.3) is 0 Å². The van der Waals surface area contributed by atoms with E-state index < -0.39 is 0 Å². The van der Waals surface area contributed by atoms with Crippen LogP contribution in [-0.2, 0) is 14.3 Å². The van der Waals surface area contributed by atoms with Gasteiger partial charge in [0.1, 0.15) is 0 Å². The average molecular weight is 254 g/mol. The Morgan fingerprint density at radius 3 is 2.72 bits per heavy atom. The van der Waals surface area contributed by atoms with E-state index in [-0.39, 0.29) is 18.2 Å². The molecule has 4 heteroatoms. The SMILES string of the molecule is C=C(C)C(=O)OCC1CC2CC1C(OCC)C2O. The minimum absolute atomic E-state index is 0.0812. The van der Waals surface area contributed by atoms with Crippen LogP contribution in [0.2, 0.25) is 0 Å². The van der Waals surface area contributed by atoms with Crippen LogP contribution in [0.15, 0.2) is 12.2 Å². The van der Waals surface area contributed by atoms with Crippen molar-refractivity contribution >= 4 is 5.97 Å². The lowest BCUT2D eigenvalue weighted by atomic mass is 9.85. The van der Waals surface area contributed by atoms with E-state index >= 15 is 0 Å². The molecule has 0 saturated heterocycles. The zero-order valence-electron chi connectivity index (χ0n) is 11.1. The highest BCUT2D eigenvalue weighted by atomic mass is 16.5. The molecule has 2 fully saturated rings. The highest BCUT2D eigenvalue weighted by molar-refractivity contribution is 5.86. The Balaban J connectivity index is 1.89. The second-order valence-electron chi connectivity index (χ2n) is 5.44. The third kappa shape index (κ3) is 2.45. The first-order valence-electron chi connectivity index (χ1n) is 6.66. The second-order valence-corrected chi connectivity index (χ2v) is 5.44. The van der Waals surface area contributed by atoms with Crippen LogP contribution in [0.5, 0.6) is 0 Å². The third-order valence-electron chi connectivity index (χ3n) is 4.16. The standard InChI is InChI=1S/C14H22O4/c1-4-17-13-11-6-9(12(13)15)5-10(11)7-18-14(16)8(2)3/h9-13,15H,2,4-7H2,1,3H3. The van der Waals surface area contributed by atoms with Crippen molar-refractivity contribution < 1.29 is 19.4 Å². The second kappa shape index (κ2) is 5.41. The Morgan fingerprint density at radius 1 is 1.44 bits per heavy atom. The Bertz CT molecular complexity index is 339. The van der Waals surface area contributed by atoms with Crippen LogP contribution < -0.4 is 0 Å². The van der Waals surface area contributed by atoms with Crippen molar-refractivity contribution in [2.75, 3.05) is 13.2 Å². The summed E-state index contributed by atoms with van der Waals surface area (Å²) in [6.07, 6.45) is 1.49. The molecule has 1 N–H and O–H groups in total. The highest BCUT2D eigenvalue weighted by Gasteiger charge is 2.52. The number of carbonyl (C=O) groups excluding carboxylic acids is 1. The maximum atomic E-state index is 11.4. The molecule has 0 aliphatic heterocycles. The number of hydrogen-bond donors (Lipinski definition) is 1. The van der Waals surface area contributed by atoms with E-state index in [2.05, 4.69) is 6.58 Å². The van der Waals surface area contributed by atoms with Gasteiger partial charge in [0.2, 0.25) is 0 Å². The quantitative estimate of drug-likeness (QED) is 0.597. The fourth-order valence-corrected chi connectivity index (χ4v) is 3.32. The minimum Gasteiger partial charge on any atom is -0.462 e. The summed E-state index contributed by atoms with van der Waals surface area (Å²) in [5.41, 5.74) is 0.430. The molecule has 0 heterocycles. The largest absolute Gasteiger partial charge is 0.462 e. The van der Waals surface area contributed by atoms with Gasteiger partial charge in [0.05, 0.1) is 18.8 Å². The van der Waals surface area contributed by atoms with Gasteiger partial charge in [-0.05, 0) is 44.4 Å². The van der Waals surface area contributed by atoms with Crippen LogP contribution in [0.3, 0.4) is 0 Å². The van der Waals surface area contributed by atoms with Crippen molar-refractivity contribution in [1.29, 1.82) is 0 Å². The lowest BCUT2D eigenvalue weighted by Crippen LogP contribution is -2.40. The van der Waals surface area contributed by atoms with Crippen molar-refractivity contribution in [3.63, 3.8) is 0 Å². The maximum Gasteiger partial charge on any atom is 0.333 e. The fourth-order valence-electron chi connectivity index (χ4n) is 3.32. The number of aliphatic hydroxyl groups is 1. The zero-order chi connectivity index (χ0) is 13.3. The van der Waals surface area contributed by atoms with Crippen LogP contribution in [0.1, 0.15) is 26.7 Å². The summed E-state index contributed by atoms with van der Waals surface area (Å²) in [7, 11) is 0. The summed E-state index contributed by atoms with van der Waals surface area (Å²) in [5.74, 6) is 0.618. The molecule has 5 unspecified atom stereocenters. The van der Waals surface area contributed by atoms with Gasteiger partial charge in [-0.1, -0.05) is 6.58 Å². The molecule has 0 aromatic carbocycles. The molecule has 0 aromatic heterocycles. The van der Waals surface area contributed by atoms with Gasteiger partial charge in [0.15, 0.2) is 0 Å². The summed E-state index contributed by atoms with van der Waals surface area (Å²) >= 11 is 0. The molecule has 2 saturated carbocycles. The van der Waals surface area contributed by atoms with E-state index in [1.54, 1.807) is 6.92 Å². The molecule has 18 heavy (non-hydrogen) atoms. The monoisotopic (exact) mass is 254 g/mol. The van der Waals surface area contributed by atoms with Crippen LogP contribution >= 0.6 is 0 Å². The molecule has 0 radical (unpaired) electrons. The summed E-state index contributed by atoms with van der Waals surface area (Å²) in [5, 5.41) is 10.0. The van der Waals surface area contributed by atoms with Crippen molar-refractivity contribution in [3.05, 3.63) is 12.2 Å². The topological polar surface area (TPSA) is 55.8 Å². The molecule has 2 bridgehead atoms. The molecule has 4 nitrogen and oxygen atoms in total. The van der Waals surface area contributed by atoms with Crippen molar-refractivity contribution in [1.82, 2.24) is 0 Å². The first kappa shape index (κ1) is 13.6. The van der Waals surface area contributed by atoms with E-state index in [4.69, 9.17) is 9.47 Å². The minimum atomic E-state index is -0.344. The van der Waals surface area contributed by atoms with Crippen LogP contribution in [-0.4, -0.2) is 36.5 Å². The van der Waals surface area contributed by atoms with Crippen molar-refractivity contribution in [3.8, 4) is 0 Å². The number of fused-ring (bicyclic) bond motifs is 2. The number of ether oxygens (including phenoxy) is 2. The maximum absolute atomic E-state index is 11.4. The summed E-state index contributed by atoms with van der Waals surface area (Å²) in [6, 6.07) is 0. The molecular weight excluding hydrogens is 232 g/mol. The van der Waals surface area contributed by atoms with Gasteiger partial charge in [-0.2, -0.15) is 0 Å². The number of aliphatic hydroxyl groups excluding tert-OH is 1. The first-order chi connectivity index (χ1) is 8.54. The van der Waals surface area contributed by atoms with Gasteiger partial charge in [-0.15, -0.1) is 0 Å². The van der Waals surface area contributed by atoms with E-state index in [9.17, 15) is 9.90 Å². The predicted octanol–water partition coefficient (Wildman–Crippen LogP) is 1.53. The van der Waals surface area contributed by atoms with E-state index in [1.807, 2.05) is 6.92 Å². The number of rotatable bonds is 5. The molecule has 5 atom stereocenters. The van der Waals surface area contributed by atoms with Crippen molar-refractivity contribution in [2.45, 2.75) is 38.9 Å². The molecule has 0 aromatic rings. The average Bonchev–Trinajstić information content (AvgIpc) is 2.86. The van der Waals surface area contributed by atoms with Crippen molar-refractivity contribution in [2.24, 2.45) is 17.8 Å². The smallest absolute Gasteiger partial charge is 0.333 e. The van der Waals surface area contributed by atoms with Crippen LogP contribution in [0, 0.1) is 17.8 Å². The number of carbonyl (C=O) groups is 1. The number of esters is 1. The predicted molar refractivity (Wildman–Crippen MR) is 66.9 cm³/mol. The molecule has 0 spiro atoms. The summed E-state index contributed by atoms with van der Waals surface area (Å²) in [4.78, 5) is 11.4. The Morgan fingerprint density at radius 2 is 2.17 bits per heavy atom. The normalized spacial score (nSPS) is 37.8.